The number of nitrogen functional groups attached to an aromatic ring is 1. The Morgan fingerprint density at radius 3 is 2.47 bits per heavy atom. The van der Waals surface area contributed by atoms with Crippen LogP contribution in [0.5, 0.6) is 17.2 Å². The van der Waals surface area contributed by atoms with E-state index in [1.54, 1.807) is 18.2 Å². The Morgan fingerprint density at radius 1 is 1.05 bits per heavy atom. The Labute approximate surface area is 119 Å². The maximum atomic E-state index is 13.4. The van der Waals surface area contributed by atoms with Crippen LogP contribution in [0.1, 0.15) is 0 Å². The van der Waals surface area contributed by atoms with Crippen molar-refractivity contribution in [1.29, 1.82) is 0 Å². The van der Waals surface area contributed by atoms with E-state index >= 15 is 0 Å². The molecule has 0 saturated heterocycles. The second-order valence-electron chi connectivity index (χ2n) is 3.70. The maximum Gasteiger partial charge on any atom is 0.167 e. The second-order valence-corrected chi connectivity index (χ2v) is 4.55. The van der Waals surface area contributed by atoms with Crippen molar-refractivity contribution in [3.05, 3.63) is 46.2 Å². The zero-order chi connectivity index (χ0) is 14.0. The highest BCUT2D eigenvalue weighted by atomic mass is 35.5. The molecule has 0 aliphatic heterocycles. The summed E-state index contributed by atoms with van der Waals surface area (Å²) >= 11 is 11.8. The third-order valence-electron chi connectivity index (χ3n) is 2.40. The van der Waals surface area contributed by atoms with E-state index in [0.717, 1.165) is 6.07 Å². The number of benzene rings is 2. The van der Waals surface area contributed by atoms with Crippen LogP contribution in [-0.2, 0) is 0 Å². The minimum absolute atomic E-state index is 0.0300. The molecular weight excluding hydrogens is 292 g/mol. The summed E-state index contributed by atoms with van der Waals surface area (Å²) in [5.74, 6) is 0.0313. The summed E-state index contributed by atoms with van der Waals surface area (Å²) in [5.41, 5.74) is 5.82. The molecule has 6 heteroatoms. The summed E-state index contributed by atoms with van der Waals surface area (Å²) < 4.78 is 23.8. The third-order valence-corrected chi connectivity index (χ3v) is 2.94. The van der Waals surface area contributed by atoms with Crippen LogP contribution in [0, 0.1) is 5.82 Å². The highest BCUT2D eigenvalue weighted by Gasteiger charge is 2.12. The Kier molecular flexibility index (Phi) is 4.02. The molecule has 2 rings (SSSR count). The lowest BCUT2D eigenvalue weighted by atomic mass is 10.2. The van der Waals surface area contributed by atoms with E-state index in [1.807, 2.05) is 0 Å². The molecule has 0 saturated carbocycles. The van der Waals surface area contributed by atoms with Crippen molar-refractivity contribution < 1.29 is 13.9 Å². The average Bonchev–Trinajstić information content (AvgIpc) is 2.37. The zero-order valence-corrected chi connectivity index (χ0v) is 11.4. The number of anilines is 1. The van der Waals surface area contributed by atoms with Crippen molar-refractivity contribution in [3.63, 3.8) is 0 Å². The van der Waals surface area contributed by atoms with Crippen molar-refractivity contribution in [2.45, 2.75) is 0 Å². The lowest BCUT2D eigenvalue weighted by molar-refractivity contribution is 0.382. The van der Waals surface area contributed by atoms with Gasteiger partial charge in [0.05, 0.1) is 17.8 Å². The minimum atomic E-state index is -0.565. The van der Waals surface area contributed by atoms with Crippen LogP contribution in [0.4, 0.5) is 10.1 Å². The Morgan fingerprint density at radius 2 is 1.79 bits per heavy atom. The van der Waals surface area contributed by atoms with Crippen LogP contribution in [0.2, 0.25) is 10.0 Å². The fraction of sp³-hybridized carbons (Fsp3) is 0.0769. The molecule has 0 fully saturated rings. The quantitative estimate of drug-likeness (QED) is 0.848. The van der Waals surface area contributed by atoms with Gasteiger partial charge in [0.25, 0.3) is 0 Å². The van der Waals surface area contributed by atoms with Crippen molar-refractivity contribution in [1.82, 2.24) is 0 Å². The molecule has 0 aromatic heterocycles. The number of methoxy groups -OCH3 is 1. The van der Waals surface area contributed by atoms with Gasteiger partial charge in [-0.15, -0.1) is 0 Å². The molecule has 0 radical (unpaired) electrons. The molecule has 0 atom stereocenters. The van der Waals surface area contributed by atoms with Gasteiger partial charge >= 0.3 is 0 Å². The first kappa shape index (κ1) is 13.8. The molecular formula is C13H10Cl2FNO2. The SMILES string of the molecule is COc1cc(Oc2cc(Cl)ccc2Cl)c(N)cc1F. The molecule has 0 aliphatic carbocycles. The normalized spacial score (nSPS) is 10.3. The molecule has 3 nitrogen and oxygen atoms in total. The van der Waals surface area contributed by atoms with Crippen LogP contribution in [0.25, 0.3) is 0 Å². The number of hydrogen-bond acceptors (Lipinski definition) is 3. The molecule has 2 aromatic rings. The van der Waals surface area contributed by atoms with Gasteiger partial charge in [-0.2, -0.15) is 0 Å². The summed E-state index contributed by atoms with van der Waals surface area (Å²) in [5, 5.41) is 0.833. The lowest BCUT2D eigenvalue weighted by Gasteiger charge is -2.12. The summed E-state index contributed by atoms with van der Waals surface area (Å²) in [6.07, 6.45) is 0. The Hall–Kier alpha value is -1.65. The van der Waals surface area contributed by atoms with Crippen molar-refractivity contribution in [3.8, 4) is 17.2 Å². The predicted molar refractivity (Wildman–Crippen MR) is 73.9 cm³/mol. The van der Waals surface area contributed by atoms with E-state index in [9.17, 15) is 4.39 Å². The second kappa shape index (κ2) is 5.55. The first-order valence-corrected chi connectivity index (χ1v) is 6.02. The van der Waals surface area contributed by atoms with Gasteiger partial charge in [0.15, 0.2) is 17.3 Å². The van der Waals surface area contributed by atoms with Gasteiger partial charge in [0.1, 0.15) is 5.75 Å². The average molecular weight is 302 g/mol. The third kappa shape index (κ3) is 3.03. The first-order valence-electron chi connectivity index (χ1n) is 5.27. The smallest absolute Gasteiger partial charge is 0.167 e. The highest BCUT2D eigenvalue weighted by molar-refractivity contribution is 6.34. The molecule has 0 bridgehead atoms. The minimum Gasteiger partial charge on any atom is -0.494 e. The molecule has 0 spiro atoms. The fourth-order valence-electron chi connectivity index (χ4n) is 1.47. The Bertz CT molecular complexity index is 620. The van der Waals surface area contributed by atoms with E-state index in [1.165, 1.54) is 13.2 Å². The van der Waals surface area contributed by atoms with Gasteiger partial charge in [-0.25, -0.2) is 4.39 Å². The van der Waals surface area contributed by atoms with E-state index in [-0.39, 0.29) is 17.2 Å². The van der Waals surface area contributed by atoms with Gasteiger partial charge in [-0.05, 0) is 12.1 Å². The summed E-state index contributed by atoms with van der Waals surface area (Å²) in [6.45, 7) is 0. The number of ether oxygens (including phenoxy) is 2. The van der Waals surface area contributed by atoms with Crippen LogP contribution >= 0.6 is 23.2 Å². The van der Waals surface area contributed by atoms with Gasteiger partial charge in [-0.1, -0.05) is 23.2 Å². The van der Waals surface area contributed by atoms with Gasteiger partial charge < -0.3 is 15.2 Å². The lowest BCUT2D eigenvalue weighted by Crippen LogP contribution is -1.96. The molecule has 19 heavy (non-hydrogen) atoms. The molecule has 0 unspecified atom stereocenters. The van der Waals surface area contributed by atoms with Crippen molar-refractivity contribution in [2.24, 2.45) is 0 Å². The predicted octanol–water partition coefficient (Wildman–Crippen LogP) is 4.52. The largest absolute Gasteiger partial charge is 0.494 e. The van der Waals surface area contributed by atoms with Crippen molar-refractivity contribution in [2.75, 3.05) is 12.8 Å². The van der Waals surface area contributed by atoms with Crippen LogP contribution in [-0.4, -0.2) is 7.11 Å². The van der Waals surface area contributed by atoms with Crippen LogP contribution < -0.4 is 15.2 Å². The molecule has 100 valence electrons. The molecule has 0 aliphatic rings. The fourth-order valence-corrected chi connectivity index (χ4v) is 1.79. The maximum absolute atomic E-state index is 13.4. The van der Waals surface area contributed by atoms with Crippen molar-refractivity contribution >= 4 is 28.9 Å². The molecule has 2 N–H and O–H groups in total. The molecule has 2 aromatic carbocycles. The van der Waals surface area contributed by atoms with E-state index in [2.05, 4.69) is 0 Å². The van der Waals surface area contributed by atoms with Gasteiger partial charge in [0, 0.05) is 23.2 Å². The van der Waals surface area contributed by atoms with E-state index < -0.39 is 5.82 Å². The highest BCUT2D eigenvalue weighted by Crippen LogP contribution is 2.37. The first-order chi connectivity index (χ1) is 9.01. The zero-order valence-electron chi connectivity index (χ0n) is 9.91. The number of hydrogen-bond donors (Lipinski definition) is 1. The van der Waals surface area contributed by atoms with Gasteiger partial charge in [-0.3, -0.25) is 0 Å². The monoisotopic (exact) mass is 301 g/mol. The number of nitrogens with two attached hydrogens (primary N) is 1. The Balaban J connectivity index is 2.40. The molecule has 0 amide bonds. The number of halogens is 3. The van der Waals surface area contributed by atoms with Crippen LogP contribution in [0.15, 0.2) is 30.3 Å². The van der Waals surface area contributed by atoms with E-state index in [4.69, 9.17) is 38.4 Å². The molecule has 0 heterocycles. The van der Waals surface area contributed by atoms with Crippen LogP contribution in [0.3, 0.4) is 0 Å². The van der Waals surface area contributed by atoms with Gasteiger partial charge in [0.2, 0.25) is 0 Å². The van der Waals surface area contributed by atoms with E-state index in [0.29, 0.717) is 15.8 Å². The summed E-state index contributed by atoms with van der Waals surface area (Å²) in [4.78, 5) is 0. The topological polar surface area (TPSA) is 44.5 Å². The standard InChI is InChI=1S/C13H10Cl2FNO2/c1-18-12-6-13(10(17)5-9(12)16)19-11-4-7(14)2-3-8(11)15/h2-6H,17H2,1H3. The summed E-state index contributed by atoms with van der Waals surface area (Å²) in [6, 6.07) is 7.23. The number of rotatable bonds is 3. The summed E-state index contributed by atoms with van der Waals surface area (Å²) in [7, 11) is 1.35.